The summed E-state index contributed by atoms with van der Waals surface area (Å²) in [5, 5.41) is 8.81. The van der Waals surface area contributed by atoms with Crippen molar-refractivity contribution in [1.29, 1.82) is 0 Å². The van der Waals surface area contributed by atoms with Gasteiger partial charge < -0.3 is 14.6 Å². The Hall–Kier alpha value is -1.65. The number of ether oxygens (including phenoxy) is 2. The fourth-order valence-corrected chi connectivity index (χ4v) is 1.72. The van der Waals surface area contributed by atoms with Gasteiger partial charge in [0.1, 0.15) is 0 Å². The van der Waals surface area contributed by atoms with Gasteiger partial charge in [0, 0.05) is 12.7 Å². The van der Waals surface area contributed by atoms with Crippen molar-refractivity contribution in [3.8, 4) is 0 Å². The van der Waals surface area contributed by atoms with E-state index in [1.165, 1.54) is 13.2 Å². The van der Waals surface area contributed by atoms with Gasteiger partial charge in [0.15, 0.2) is 0 Å². The van der Waals surface area contributed by atoms with Crippen molar-refractivity contribution in [1.82, 2.24) is 0 Å². The molecule has 0 aliphatic heterocycles. The number of carbonyl (C=O) groups is 1. The lowest BCUT2D eigenvalue weighted by atomic mass is 10.1. The van der Waals surface area contributed by atoms with E-state index < -0.39 is 0 Å². The van der Waals surface area contributed by atoms with Crippen LogP contribution in [0.3, 0.4) is 0 Å². The molecule has 0 aliphatic rings. The minimum atomic E-state index is -0.388. The first-order valence-electron chi connectivity index (χ1n) is 6.78. The highest BCUT2D eigenvalue weighted by Gasteiger charge is 2.06. The highest BCUT2D eigenvalue weighted by atomic mass is 16.5. The van der Waals surface area contributed by atoms with E-state index in [1.807, 2.05) is 30.3 Å². The second kappa shape index (κ2) is 10.2. The number of carbonyl (C=O) groups excluding carboxylic acids is 1. The lowest BCUT2D eigenvalue weighted by Gasteiger charge is -2.14. The van der Waals surface area contributed by atoms with E-state index in [0.717, 1.165) is 24.8 Å². The predicted molar refractivity (Wildman–Crippen MR) is 77.1 cm³/mol. The average molecular weight is 278 g/mol. The van der Waals surface area contributed by atoms with Gasteiger partial charge in [-0.1, -0.05) is 30.3 Å². The Balaban J connectivity index is 2.48. The second-order valence-electron chi connectivity index (χ2n) is 4.44. The van der Waals surface area contributed by atoms with Crippen LogP contribution >= 0.6 is 0 Å². The fourth-order valence-electron chi connectivity index (χ4n) is 1.72. The molecule has 1 atom stereocenters. The zero-order chi connectivity index (χ0) is 14.6. The molecule has 4 nitrogen and oxygen atoms in total. The van der Waals surface area contributed by atoms with E-state index in [0.29, 0.717) is 6.61 Å². The van der Waals surface area contributed by atoms with Crippen LogP contribution in [0.4, 0.5) is 0 Å². The number of esters is 1. The third-order valence-electron chi connectivity index (χ3n) is 2.85. The Kier molecular flexibility index (Phi) is 8.35. The van der Waals surface area contributed by atoms with Gasteiger partial charge in [-0.25, -0.2) is 4.79 Å². The zero-order valence-corrected chi connectivity index (χ0v) is 11.8. The van der Waals surface area contributed by atoms with Gasteiger partial charge in [-0.15, -0.1) is 0 Å². The quantitative estimate of drug-likeness (QED) is 0.428. The highest BCUT2D eigenvalue weighted by molar-refractivity contribution is 5.81. The molecule has 0 aromatic heterocycles. The van der Waals surface area contributed by atoms with Crippen molar-refractivity contribution in [3.63, 3.8) is 0 Å². The first kappa shape index (κ1) is 16.4. The molecule has 0 fully saturated rings. The normalized spacial score (nSPS) is 12.5. The molecule has 0 heterocycles. The van der Waals surface area contributed by atoms with Gasteiger partial charge in [0.25, 0.3) is 0 Å². The molecule has 1 N–H and O–H groups in total. The van der Waals surface area contributed by atoms with Gasteiger partial charge in [0.05, 0.1) is 19.8 Å². The smallest absolute Gasteiger partial charge is 0.330 e. The molecule has 1 aromatic rings. The third-order valence-corrected chi connectivity index (χ3v) is 2.85. The summed E-state index contributed by atoms with van der Waals surface area (Å²) >= 11 is 0. The molecule has 1 aromatic carbocycles. The van der Waals surface area contributed by atoms with E-state index in [2.05, 4.69) is 4.74 Å². The SMILES string of the molecule is COC(=O)/C=C/[C@@H](CCCCO)OCc1ccccc1. The van der Waals surface area contributed by atoms with Crippen LogP contribution in [0.25, 0.3) is 0 Å². The summed E-state index contributed by atoms with van der Waals surface area (Å²) in [6.07, 6.45) is 5.29. The number of hydrogen-bond acceptors (Lipinski definition) is 4. The minimum Gasteiger partial charge on any atom is -0.466 e. The molecule has 4 heteroatoms. The molecule has 110 valence electrons. The Morgan fingerprint density at radius 1 is 1.30 bits per heavy atom. The molecule has 1 rings (SSSR count). The number of aliphatic hydroxyl groups excluding tert-OH is 1. The lowest BCUT2D eigenvalue weighted by Crippen LogP contribution is -2.11. The van der Waals surface area contributed by atoms with Crippen molar-refractivity contribution >= 4 is 5.97 Å². The van der Waals surface area contributed by atoms with Gasteiger partial charge in [-0.2, -0.15) is 0 Å². The number of hydrogen-bond donors (Lipinski definition) is 1. The Morgan fingerprint density at radius 3 is 2.70 bits per heavy atom. The Morgan fingerprint density at radius 2 is 2.05 bits per heavy atom. The van der Waals surface area contributed by atoms with Crippen molar-refractivity contribution in [2.75, 3.05) is 13.7 Å². The first-order chi connectivity index (χ1) is 9.76. The topological polar surface area (TPSA) is 55.8 Å². The van der Waals surface area contributed by atoms with E-state index in [-0.39, 0.29) is 18.7 Å². The summed E-state index contributed by atoms with van der Waals surface area (Å²) in [5.74, 6) is -0.388. The van der Waals surface area contributed by atoms with E-state index in [4.69, 9.17) is 9.84 Å². The summed E-state index contributed by atoms with van der Waals surface area (Å²) in [6, 6.07) is 9.87. The second-order valence-corrected chi connectivity index (χ2v) is 4.44. The van der Waals surface area contributed by atoms with Gasteiger partial charge in [0.2, 0.25) is 0 Å². The van der Waals surface area contributed by atoms with E-state index in [9.17, 15) is 4.79 Å². The predicted octanol–water partition coefficient (Wildman–Crippen LogP) is 2.46. The van der Waals surface area contributed by atoms with Crippen molar-refractivity contribution in [2.24, 2.45) is 0 Å². The zero-order valence-electron chi connectivity index (χ0n) is 11.8. The highest BCUT2D eigenvalue weighted by Crippen LogP contribution is 2.10. The van der Waals surface area contributed by atoms with Gasteiger partial charge in [-0.3, -0.25) is 0 Å². The molecule has 0 aliphatic carbocycles. The minimum absolute atomic E-state index is 0.152. The van der Waals surface area contributed by atoms with Crippen LogP contribution in [0.15, 0.2) is 42.5 Å². The van der Waals surface area contributed by atoms with Crippen LogP contribution in [0, 0.1) is 0 Å². The standard InChI is InChI=1S/C16H22O4/c1-19-16(18)11-10-15(9-5-6-12-17)20-13-14-7-3-2-4-8-14/h2-4,7-8,10-11,15,17H,5-6,9,12-13H2,1H3/b11-10+/t15-/m1/s1. The maximum Gasteiger partial charge on any atom is 0.330 e. The van der Waals surface area contributed by atoms with Crippen LogP contribution in [0.2, 0.25) is 0 Å². The summed E-state index contributed by atoms with van der Waals surface area (Å²) in [4.78, 5) is 11.1. The summed E-state index contributed by atoms with van der Waals surface area (Å²) in [7, 11) is 1.35. The molecule has 0 unspecified atom stereocenters. The number of methoxy groups -OCH3 is 1. The Labute approximate surface area is 120 Å². The molecule has 0 spiro atoms. The van der Waals surface area contributed by atoms with Crippen LogP contribution in [-0.2, 0) is 20.9 Å². The maximum absolute atomic E-state index is 11.1. The van der Waals surface area contributed by atoms with Crippen LogP contribution in [0.1, 0.15) is 24.8 Å². The summed E-state index contributed by atoms with van der Waals surface area (Å²) in [6.45, 7) is 0.669. The molecule has 0 radical (unpaired) electrons. The van der Waals surface area contributed by atoms with E-state index >= 15 is 0 Å². The van der Waals surface area contributed by atoms with Crippen molar-refractivity contribution in [2.45, 2.75) is 32.0 Å². The molecular weight excluding hydrogens is 256 g/mol. The Bertz CT molecular complexity index is 400. The lowest BCUT2D eigenvalue weighted by molar-refractivity contribution is -0.134. The number of unbranched alkanes of at least 4 members (excludes halogenated alkanes) is 1. The average Bonchev–Trinajstić information content (AvgIpc) is 2.50. The first-order valence-corrected chi connectivity index (χ1v) is 6.78. The van der Waals surface area contributed by atoms with Crippen LogP contribution < -0.4 is 0 Å². The maximum atomic E-state index is 11.1. The van der Waals surface area contributed by atoms with Crippen LogP contribution in [-0.4, -0.2) is 30.9 Å². The van der Waals surface area contributed by atoms with Gasteiger partial charge >= 0.3 is 5.97 Å². The summed E-state index contributed by atoms with van der Waals surface area (Å²) in [5.41, 5.74) is 1.09. The molecule has 0 bridgehead atoms. The number of benzene rings is 1. The fraction of sp³-hybridized carbons (Fsp3) is 0.438. The number of aliphatic hydroxyl groups is 1. The molecule has 0 saturated carbocycles. The monoisotopic (exact) mass is 278 g/mol. The molecule has 0 saturated heterocycles. The van der Waals surface area contributed by atoms with Crippen molar-refractivity contribution in [3.05, 3.63) is 48.0 Å². The van der Waals surface area contributed by atoms with Crippen molar-refractivity contribution < 1.29 is 19.4 Å². The molecule has 0 amide bonds. The van der Waals surface area contributed by atoms with Crippen LogP contribution in [0.5, 0.6) is 0 Å². The largest absolute Gasteiger partial charge is 0.466 e. The molecule has 20 heavy (non-hydrogen) atoms. The van der Waals surface area contributed by atoms with Gasteiger partial charge in [-0.05, 0) is 30.9 Å². The number of rotatable bonds is 9. The molecular formula is C16H22O4. The summed E-state index contributed by atoms with van der Waals surface area (Å²) < 4.78 is 10.4. The van der Waals surface area contributed by atoms with E-state index in [1.54, 1.807) is 6.08 Å². The third kappa shape index (κ3) is 7.07.